The number of amides is 1. The van der Waals surface area contributed by atoms with Crippen molar-refractivity contribution in [3.8, 4) is 0 Å². The molecule has 0 radical (unpaired) electrons. The van der Waals surface area contributed by atoms with Crippen LogP contribution in [0.5, 0.6) is 0 Å². The molecule has 9 nitrogen and oxygen atoms in total. The monoisotopic (exact) mass is 315 g/mol. The lowest BCUT2D eigenvalue weighted by Gasteiger charge is -2.21. The Morgan fingerprint density at radius 2 is 2.09 bits per heavy atom. The van der Waals surface area contributed by atoms with Crippen molar-refractivity contribution in [2.45, 2.75) is 19.9 Å². The number of fused-ring (bicyclic) bond motifs is 1. The van der Waals surface area contributed by atoms with E-state index in [2.05, 4.69) is 25.4 Å². The molecular weight excluding hydrogens is 298 g/mol. The van der Waals surface area contributed by atoms with Crippen molar-refractivity contribution >= 4 is 11.7 Å². The average Bonchev–Trinajstić information content (AvgIpc) is 3.13. The summed E-state index contributed by atoms with van der Waals surface area (Å²) in [7, 11) is 1.86. The first kappa shape index (κ1) is 14.9. The summed E-state index contributed by atoms with van der Waals surface area (Å²) in [6.45, 7) is 3.95. The molecule has 0 fully saturated rings. The molecular formula is C14H17N7O2. The van der Waals surface area contributed by atoms with E-state index in [1.807, 2.05) is 31.7 Å². The summed E-state index contributed by atoms with van der Waals surface area (Å²) in [4.78, 5) is 37.0. The predicted octanol–water partition coefficient (Wildman–Crippen LogP) is 0.278. The fourth-order valence-corrected chi connectivity index (χ4v) is 2.38. The Balaban J connectivity index is 1.94. The van der Waals surface area contributed by atoms with Crippen molar-refractivity contribution in [1.82, 2.24) is 34.4 Å². The Hall–Kier alpha value is -2.97. The van der Waals surface area contributed by atoms with Crippen LogP contribution in [-0.2, 0) is 7.05 Å². The molecule has 9 heteroatoms. The highest BCUT2D eigenvalue weighted by Crippen LogP contribution is 2.19. The fraction of sp³-hybridized carbons (Fsp3) is 0.357. The standard InChI is InChI=1S/C14H17N7O2/c1-8(2)10(11-15-4-5-20(11)3)19-12(22)9-6-16-14-17-7-18-21(14)13(9)23/h4-8,10H,1-3H3,(H,19,22)(H,16,17,18). The molecule has 3 aromatic heterocycles. The van der Waals surface area contributed by atoms with Gasteiger partial charge in [-0.25, -0.2) is 15.0 Å². The number of imidazole rings is 1. The molecule has 0 aromatic carbocycles. The summed E-state index contributed by atoms with van der Waals surface area (Å²) in [5, 5.41) is 5.49. The topological polar surface area (TPSA) is 110 Å². The summed E-state index contributed by atoms with van der Waals surface area (Å²) in [5.41, 5.74) is -0.543. The van der Waals surface area contributed by atoms with Gasteiger partial charge in [0.25, 0.3) is 17.2 Å². The van der Waals surface area contributed by atoms with Gasteiger partial charge in [0.1, 0.15) is 17.7 Å². The van der Waals surface area contributed by atoms with E-state index in [4.69, 9.17) is 0 Å². The van der Waals surface area contributed by atoms with Crippen LogP contribution >= 0.6 is 0 Å². The summed E-state index contributed by atoms with van der Waals surface area (Å²) >= 11 is 0. The first-order valence-corrected chi connectivity index (χ1v) is 7.18. The van der Waals surface area contributed by atoms with Gasteiger partial charge in [-0.3, -0.25) is 14.7 Å². The highest BCUT2D eigenvalue weighted by atomic mass is 16.2. The molecule has 3 heterocycles. The minimum atomic E-state index is -0.493. The zero-order chi connectivity index (χ0) is 16.6. The van der Waals surface area contributed by atoms with Gasteiger partial charge in [-0.15, -0.1) is 0 Å². The van der Waals surface area contributed by atoms with Gasteiger partial charge in [0.15, 0.2) is 0 Å². The maximum Gasteiger partial charge on any atom is 0.286 e. The van der Waals surface area contributed by atoms with Gasteiger partial charge < -0.3 is 9.88 Å². The Labute approximate surface area is 131 Å². The Morgan fingerprint density at radius 3 is 2.74 bits per heavy atom. The van der Waals surface area contributed by atoms with Crippen molar-refractivity contribution in [1.29, 1.82) is 0 Å². The van der Waals surface area contributed by atoms with Gasteiger partial charge >= 0.3 is 0 Å². The highest BCUT2D eigenvalue weighted by Gasteiger charge is 2.24. The number of carbonyl (C=O) groups excluding carboxylic acids is 1. The minimum absolute atomic E-state index is 0.0494. The number of aryl methyl sites for hydroxylation is 1. The molecule has 2 N–H and O–H groups in total. The molecule has 0 aliphatic rings. The Morgan fingerprint density at radius 1 is 1.30 bits per heavy atom. The molecule has 0 spiro atoms. The average molecular weight is 315 g/mol. The molecule has 0 saturated carbocycles. The van der Waals surface area contributed by atoms with E-state index < -0.39 is 11.5 Å². The van der Waals surface area contributed by atoms with E-state index >= 15 is 0 Å². The van der Waals surface area contributed by atoms with Crippen LogP contribution in [-0.4, -0.2) is 35.0 Å². The van der Waals surface area contributed by atoms with Gasteiger partial charge in [-0.1, -0.05) is 13.8 Å². The quantitative estimate of drug-likeness (QED) is 0.718. The second-order valence-corrected chi connectivity index (χ2v) is 5.59. The SMILES string of the molecule is CC(C)C(NC(=O)c1cnc2nc[nH]n2c1=O)c1nccn1C. The van der Waals surface area contributed by atoms with Crippen molar-refractivity contribution < 1.29 is 4.79 Å². The lowest BCUT2D eigenvalue weighted by atomic mass is 10.0. The lowest BCUT2D eigenvalue weighted by molar-refractivity contribution is 0.0920. The summed E-state index contributed by atoms with van der Waals surface area (Å²) in [6, 6.07) is -0.315. The third-order valence-corrected chi connectivity index (χ3v) is 3.64. The van der Waals surface area contributed by atoms with E-state index in [1.54, 1.807) is 6.20 Å². The predicted molar refractivity (Wildman–Crippen MR) is 81.9 cm³/mol. The van der Waals surface area contributed by atoms with Crippen LogP contribution in [0.25, 0.3) is 5.78 Å². The van der Waals surface area contributed by atoms with Gasteiger partial charge in [0.2, 0.25) is 0 Å². The highest BCUT2D eigenvalue weighted by molar-refractivity contribution is 5.93. The first-order valence-electron chi connectivity index (χ1n) is 7.18. The number of aromatic amines is 1. The summed E-state index contributed by atoms with van der Waals surface area (Å²) < 4.78 is 2.97. The third kappa shape index (κ3) is 2.60. The number of nitrogens with zero attached hydrogens (tertiary/aromatic N) is 5. The molecule has 3 aromatic rings. The third-order valence-electron chi connectivity index (χ3n) is 3.64. The molecule has 0 aliphatic heterocycles. The zero-order valence-electron chi connectivity index (χ0n) is 13.0. The zero-order valence-corrected chi connectivity index (χ0v) is 13.0. The van der Waals surface area contributed by atoms with E-state index in [0.717, 1.165) is 10.3 Å². The van der Waals surface area contributed by atoms with Gasteiger partial charge in [0, 0.05) is 25.6 Å². The second kappa shape index (κ2) is 5.67. The first-order chi connectivity index (χ1) is 11.0. The summed E-state index contributed by atoms with van der Waals surface area (Å²) in [6.07, 6.45) is 6.06. The molecule has 1 unspecified atom stereocenters. The number of hydrogen-bond donors (Lipinski definition) is 2. The van der Waals surface area contributed by atoms with Crippen LogP contribution in [0, 0.1) is 5.92 Å². The molecule has 23 heavy (non-hydrogen) atoms. The molecule has 0 saturated heterocycles. The normalized spacial score (nSPS) is 12.7. The van der Waals surface area contributed by atoms with Crippen LogP contribution in [0.15, 0.2) is 29.7 Å². The lowest BCUT2D eigenvalue weighted by Crippen LogP contribution is -2.37. The van der Waals surface area contributed by atoms with Gasteiger partial charge in [-0.05, 0) is 5.92 Å². The number of aromatic nitrogens is 6. The van der Waals surface area contributed by atoms with Crippen LogP contribution in [0.4, 0.5) is 0 Å². The van der Waals surface area contributed by atoms with Crippen molar-refractivity contribution in [3.63, 3.8) is 0 Å². The van der Waals surface area contributed by atoms with Crippen molar-refractivity contribution in [3.05, 3.63) is 46.7 Å². The van der Waals surface area contributed by atoms with Crippen LogP contribution in [0.2, 0.25) is 0 Å². The maximum absolute atomic E-state index is 12.5. The Bertz CT molecular complexity index is 905. The number of nitrogens with one attached hydrogen (secondary N) is 2. The molecule has 0 bridgehead atoms. The van der Waals surface area contributed by atoms with Crippen LogP contribution < -0.4 is 10.9 Å². The minimum Gasteiger partial charge on any atom is -0.342 e. The van der Waals surface area contributed by atoms with E-state index in [-0.39, 0.29) is 23.3 Å². The smallest absolute Gasteiger partial charge is 0.286 e. The van der Waals surface area contributed by atoms with Gasteiger partial charge in [-0.2, -0.15) is 4.52 Å². The fourth-order valence-electron chi connectivity index (χ4n) is 2.38. The number of carbonyl (C=O) groups is 1. The molecule has 0 aliphatic carbocycles. The number of H-pyrrole nitrogens is 1. The Kier molecular flexibility index (Phi) is 3.68. The van der Waals surface area contributed by atoms with Gasteiger partial charge in [0.05, 0.1) is 6.04 Å². The largest absolute Gasteiger partial charge is 0.342 e. The maximum atomic E-state index is 12.5. The van der Waals surface area contributed by atoms with Crippen molar-refractivity contribution in [2.24, 2.45) is 13.0 Å². The van der Waals surface area contributed by atoms with E-state index in [0.29, 0.717) is 0 Å². The van der Waals surface area contributed by atoms with Crippen LogP contribution in [0.1, 0.15) is 36.1 Å². The molecule has 3 rings (SSSR count). The number of hydrogen-bond acceptors (Lipinski definition) is 5. The van der Waals surface area contributed by atoms with E-state index in [9.17, 15) is 9.59 Å². The summed E-state index contributed by atoms with van der Waals surface area (Å²) in [5.74, 6) is 0.556. The molecule has 120 valence electrons. The van der Waals surface area contributed by atoms with Crippen molar-refractivity contribution in [2.75, 3.05) is 0 Å². The number of rotatable bonds is 4. The second-order valence-electron chi connectivity index (χ2n) is 5.59. The van der Waals surface area contributed by atoms with Crippen LogP contribution in [0.3, 0.4) is 0 Å². The molecule has 1 amide bonds. The molecule has 1 atom stereocenters. The van der Waals surface area contributed by atoms with E-state index in [1.165, 1.54) is 12.5 Å².